The van der Waals surface area contributed by atoms with Crippen molar-refractivity contribution in [2.75, 3.05) is 14.2 Å². The zero-order chi connectivity index (χ0) is 16.9. The topological polar surface area (TPSA) is 57.9 Å². The summed E-state index contributed by atoms with van der Waals surface area (Å²) in [5.74, 6) is 1.50. The van der Waals surface area contributed by atoms with E-state index < -0.39 is 0 Å². The highest BCUT2D eigenvalue weighted by Crippen LogP contribution is 2.27. The van der Waals surface area contributed by atoms with E-state index in [1.54, 1.807) is 26.4 Å². The lowest BCUT2D eigenvalue weighted by Gasteiger charge is -2.09. The van der Waals surface area contributed by atoms with E-state index in [1.165, 1.54) is 0 Å². The Bertz CT molecular complexity index is 817. The summed E-state index contributed by atoms with van der Waals surface area (Å²) in [5, 5.41) is 0.989. The largest absolute Gasteiger partial charge is 0.493 e. The van der Waals surface area contributed by atoms with Crippen LogP contribution in [0.4, 0.5) is 0 Å². The van der Waals surface area contributed by atoms with Crippen molar-refractivity contribution in [2.45, 2.75) is 13.0 Å². The van der Waals surface area contributed by atoms with Crippen molar-refractivity contribution in [3.05, 3.63) is 59.9 Å². The number of benzene rings is 2. The minimum Gasteiger partial charge on any atom is -0.493 e. The predicted molar refractivity (Wildman–Crippen MR) is 89.3 cm³/mol. The molecule has 124 valence electrons. The fourth-order valence-corrected chi connectivity index (χ4v) is 2.47. The van der Waals surface area contributed by atoms with Gasteiger partial charge in [0.05, 0.1) is 20.6 Å². The van der Waals surface area contributed by atoms with Crippen LogP contribution in [-0.4, -0.2) is 20.2 Å². The molecule has 2 aromatic carbocycles. The van der Waals surface area contributed by atoms with Gasteiger partial charge >= 0.3 is 5.97 Å². The Morgan fingerprint density at radius 3 is 2.54 bits per heavy atom. The van der Waals surface area contributed by atoms with Crippen molar-refractivity contribution < 1.29 is 23.4 Å². The number of furan rings is 1. The third kappa shape index (κ3) is 3.51. The van der Waals surface area contributed by atoms with Crippen molar-refractivity contribution in [2.24, 2.45) is 0 Å². The summed E-state index contributed by atoms with van der Waals surface area (Å²) in [5.41, 5.74) is 1.57. The molecule has 1 heterocycles. The smallest absolute Gasteiger partial charge is 0.310 e. The van der Waals surface area contributed by atoms with Crippen molar-refractivity contribution in [3.63, 3.8) is 0 Å². The van der Waals surface area contributed by atoms with Crippen LogP contribution in [0.3, 0.4) is 0 Å². The van der Waals surface area contributed by atoms with Gasteiger partial charge in [0.2, 0.25) is 0 Å². The summed E-state index contributed by atoms with van der Waals surface area (Å²) in [6, 6.07) is 14.9. The van der Waals surface area contributed by atoms with Gasteiger partial charge in [-0.05, 0) is 29.8 Å². The van der Waals surface area contributed by atoms with Crippen LogP contribution in [0.25, 0.3) is 11.0 Å². The maximum atomic E-state index is 12.0. The molecule has 0 radical (unpaired) electrons. The monoisotopic (exact) mass is 326 g/mol. The number of methoxy groups -OCH3 is 2. The van der Waals surface area contributed by atoms with Crippen LogP contribution in [0.1, 0.15) is 11.3 Å². The van der Waals surface area contributed by atoms with Gasteiger partial charge in [-0.15, -0.1) is 0 Å². The van der Waals surface area contributed by atoms with Gasteiger partial charge in [-0.25, -0.2) is 0 Å². The van der Waals surface area contributed by atoms with E-state index in [2.05, 4.69) is 0 Å². The second-order valence-electron chi connectivity index (χ2n) is 5.28. The molecular formula is C19H18O5. The Balaban J connectivity index is 1.61. The van der Waals surface area contributed by atoms with Crippen molar-refractivity contribution in [3.8, 4) is 11.5 Å². The van der Waals surface area contributed by atoms with E-state index in [9.17, 15) is 4.79 Å². The molecule has 0 aliphatic rings. The van der Waals surface area contributed by atoms with Crippen LogP contribution in [0.15, 0.2) is 52.9 Å². The van der Waals surface area contributed by atoms with Gasteiger partial charge in [-0.1, -0.05) is 24.3 Å². The second-order valence-corrected chi connectivity index (χ2v) is 5.28. The van der Waals surface area contributed by atoms with E-state index >= 15 is 0 Å². The molecule has 0 saturated heterocycles. The predicted octanol–water partition coefficient (Wildman–Crippen LogP) is 3.74. The Morgan fingerprint density at radius 1 is 1.00 bits per heavy atom. The summed E-state index contributed by atoms with van der Waals surface area (Å²) in [7, 11) is 3.13. The Morgan fingerprint density at radius 2 is 1.79 bits per heavy atom. The van der Waals surface area contributed by atoms with Crippen LogP contribution >= 0.6 is 0 Å². The lowest BCUT2D eigenvalue weighted by molar-refractivity contribution is -0.144. The van der Waals surface area contributed by atoms with Crippen LogP contribution in [0, 0.1) is 0 Å². The van der Waals surface area contributed by atoms with Gasteiger partial charge in [0, 0.05) is 5.39 Å². The number of hydrogen-bond acceptors (Lipinski definition) is 5. The molecule has 0 fully saturated rings. The van der Waals surface area contributed by atoms with Gasteiger partial charge < -0.3 is 18.6 Å². The highest BCUT2D eigenvalue weighted by atomic mass is 16.5. The van der Waals surface area contributed by atoms with E-state index in [0.717, 1.165) is 16.5 Å². The molecule has 0 spiro atoms. The molecule has 0 N–H and O–H groups in total. The molecule has 0 amide bonds. The lowest BCUT2D eigenvalue weighted by atomic mass is 10.1. The van der Waals surface area contributed by atoms with Crippen LogP contribution in [0.2, 0.25) is 0 Å². The number of ether oxygens (including phenoxy) is 3. The lowest BCUT2D eigenvalue weighted by Crippen LogP contribution is -2.08. The van der Waals surface area contributed by atoms with Crippen molar-refractivity contribution >= 4 is 16.9 Å². The fraction of sp³-hybridized carbons (Fsp3) is 0.211. The molecule has 0 aliphatic carbocycles. The molecule has 1 aromatic heterocycles. The maximum Gasteiger partial charge on any atom is 0.310 e. The average molecular weight is 326 g/mol. The zero-order valence-corrected chi connectivity index (χ0v) is 13.6. The molecular weight excluding hydrogens is 308 g/mol. The Hall–Kier alpha value is -2.95. The number of carbonyl (C=O) groups is 1. The van der Waals surface area contributed by atoms with Crippen LogP contribution in [-0.2, 0) is 22.6 Å². The number of para-hydroxylation sites is 1. The van der Waals surface area contributed by atoms with E-state index in [-0.39, 0.29) is 19.0 Å². The molecule has 0 unspecified atom stereocenters. The molecule has 0 bridgehead atoms. The summed E-state index contributed by atoms with van der Waals surface area (Å²) in [6.07, 6.45) is 0.153. The zero-order valence-electron chi connectivity index (χ0n) is 13.6. The first-order valence-corrected chi connectivity index (χ1v) is 7.53. The minimum atomic E-state index is -0.331. The number of rotatable bonds is 6. The third-order valence-corrected chi connectivity index (χ3v) is 3.65. The third-order valence-electron chi connectivity index (χ3n) is 3.65. The summed E-state index contributed by atoms with van der Waals surface area (Å²) in [6.45, 7) is 0.112. The molecule has 24 heavy (non-hydrogen) atoms. The quantitative estimate of drug-likeness (QED) is 0.646. The molecule has 3 aromatic rings. The molecule has 5 nitrogen and oxygen atoms in total. The molecule has 0 atom stereocenters. The second kappa shape index (κ2) is 7.08. The molecule has 3 rings (SSSR count). The van der Waals surface area contributed by atoms with E-state index in [4.69, 9.17) is 18.6 Å². The first kappa shape index (κ1) is 15.9. The standard InChI is InChI=1S/C19H18O5/c1-21-17-8-7-13(9-18(17)22-2)10-19(20)23-12-15-11-14-5-3-4-6-16(14)24-15/h3-9,11H,10,12H2,1-2H3. The van der Waals surface area contributed by atoms with Gasteiger partial charge in [0.25, 0.3) is 0 Å². The summed E-state index contributed by atoms with van der Waals surface area (Å²) < 4.78 is 21.3. The number of hydrogen-bond donors (Lipinski definition) is 0. The summed E-state index contributed by atoms with van der Waals surface area (Å²) >= 11 is 0. The normalized spacial score (nSPS) is 10.6. The SMILES string of the molecule is COc1ccc(CC(=O)OCc2cc3ccccc3o2)cc1OC. The highest BCUT2D eigenvalue weighted by Gasteiger charge is 2.11. The first-order valence-electron chi connectivity index (χ1n) is 7.53. The van der Waals surface area contributed by atoms with Crippen molar-refractivity contribution in [1.29, 1.82) is 0 Å². The van der Waals surface area contributed by atoms with Crippen LogP contribution < -0.4 is 9.47 Å². The number of carbonyl (C=O) groups excluding carboxylic acids is 1. The van der Waals surface area contributed by atoms with Gasteiger partial charge in [0.15, 0.2) is 11.5 Å². The molecule has 5 heteroatoms. The number of fused-ring (bicyclic) bond motifs is 1. The number of esters is 1. The molecule has 0 aliphatic heterocycles. The highest BCUT2D eigenvalue weighted by molar-refractivity contribution is 5.78. The van der Waals surface area contributed by atoms with Crippen molar-refractivity contribution in [1.82, 2.24) is 0 Å². The van der Waals surface area contributed by atoms with Crippen LogP contribution in [0.5, 0.6) is 11.5 Å². The molecule has 0 saturated carbocycles. The van der Waals surface area contributed by atoms with Gasteiger partial charge in [-0.2, -0.15) is 0 Å². The fourth-order valence-electron chi connectivity index (χ4n) is 2.47. The van der Waals surface area contributed by atoms with Gasteiger partial charge in [-0.3, -0.25) is 4.79 Å². The first-order chi connectivity index (χ1) is 11.7. The Kier molecular flexibility index (Phi) is 4.70. The minimum absolute atomic E-state index is 0.112. The average Bonchev–Trinajstić information content (AvgIpc) is 3.03. The summed E-state index contributed by atoms with van der Waals surface area (Å²) in [4.78, 5) is 12.0. The van der Waals surface area contributed by atoms with E-state index in [1.807, 2.05) is 36.4 Å². The maximum absolute atomic E-state index is 12.0. The van der Waals surface area contributed by atoms with E-state index in [0.29, 0.717) is 17.3 Å². The Labute approximate surface area is 139 Å². The van der Waals surface area contributed by atoms with Gasteiger partial charge in [0.1, 0.15) is 18.0 Å².